The fourth-order valence-corrected chi connectivity index (χ4v) is 3.68. The first kappa shape index (κ1) is 19.0. The maximum Gasteiger partial charge on any atom is 0.292 e. The van der Waals surface area contributed by atoms with Crippen molar-refractivity contribution in [3.63, 3.8) is 0 Å². The van der Waals surface area contributed by atoms with Crippen LogP contribution in [0.1, 0.15) is 5.82 Å². The minimum Gasteiger partial charge on any atom is -0.366 e. The molecule has 1 aromatic carbocycles. The third-order valence-electron chi connectivity index (χ3n) is 4.97. The van der Waals surface area contributed by atoms with Crippen molar-refractivity contribution in [2.75, 3.05) is 31.1 Å². The Hall–Kier alpha value is -2.35. The Kier molecular flexibility index (Phi) is 5.39. The molecule has 3 heterocycles. The number of nitrogens with zero attached hydrogens (tertiary/aromatic N) is 6. The van der Waals surface area contributed by atoms with Gasteiger partial charge in [0.15, 0.2) is 0 Å². The molecule has 1 fully saturated rings. The van der Waals surface area contributed by atoms with Crippen molar-refractivity contribution >= 4 is 28.9 Å². The average molecular weight is 419 g/mol. The van der Waals surface area contributed by atoms with Crippen LogP contribution < -0.4 is 10.5 Å². The van der Waals surface area contributed by atoms with E-state index in [9.17, 15) is 4.79 Å². The van der Waals surface area contributed by atoms with E-state index in [0.717, 1.165) is 38.5 Å². The molecule has 146 valence electrons. The molecule has 9 heteroatoms. The second kappa shape index (κ2) is 7.95. The van der Waals surface area contributed by atoms with Crippen LogP contribution in [-0.4, -0.2) is 50.4 Å². The van der Waals surface area contributed by atoms with Crippen molar-refractivity contribution in [1.82, 2.24) is 24.2 Å². The summed E-state index contributed by atoms with van der Waals surface area (Å²) in [5.74, 6) is 1.04. The molecule has 0 bridgehead atoms. The van der Waals surface area contributed by atoms with E-state index in [1.54, 1.807) is 30.5 Å². The molecule has 7 nitrogen and oxygen atoms in total. The molecule has 1 saturated heterocycles. The lowest BCUT2D eigenvalue weighted by molar-refractivity contribution is 0.241. The summed E-state index contributed by atoms with van der Waals surface area (Å²) in [6, 6.07) is 6.91. The van der Waals surface area contributed by atoms with E-state index in [1.807, 2.05) is 24.0 Å². The van der Waals surface area contributed by atoms with E-state index < -0.39 is 0 Å². The van der Waals surface area contributed by atoms with Crippen LogP contribution in [0.25, 0.3) is 5.69 Å². The molecule has 0 radical (unpaired) electrons. The first-order valence-electron chi connectivity index (χ1n) is 9.00. The summed E-state index contributed by atoms with van der Waals surface area (Å²) in [7, 11) is 2.00. The third-order valence-corrected chi connectivity index (χ3v) is 5.58. The second-order valence-corrected chi connectivity index (χ2v) is 7.57. The molecule has 1 aliphatic rings. The van der Waals surface area contributed by atoms with Gasteiger partial charge < -0.3 is 9.47 Å². The molecule has 0 atom stereocenters. The molecule has 0 unspecified atom stereocenters. The van der Waals surface area contributed by atoms with Crippen molar-refractivity contribution < 1.29 is 0 Å². The molecule has 0 spiro atoms. The van der Waals surface area contributed by atoms with Crippen LogP contribution in [0, 0.1) is 0 Å². The molecule has 2 aromatic heterocycles. The van der Waals surface area contributed by atoms with Gasteiger partial charge in [0.25, 0.3) is 5.56 Å². The highest BCUT2D eigenvalue weighted by atomic mass is 35.5. The Bertz CT molecular complexity index is 1020. The van der Waals surface area contributed by atoms with Gasteiger partial charge in [-0.15, -0.1) is 0 Å². The summed E-state index contributed by atoms with van der Waals surface area (Å²) in [4.78, 5) is 21.6. The first-order chi connectivity index (χ1) is 13.5. The summed E-state index contributed by atoms with van der Waals surface area (Å²) in [5, 5.41) is 5.10. The van der Waals surface area contributed by atoms with Crippen molar-refractivity contribution in [1.29, 1.82) is 0 Å². The van der Waals surface area contributed by atoms with Crippen LogP contribution in [-0.2, 0) is 13.6 Å². The molecule has 1 aliphatic heterocycles. The van der Waals surface area contributed by atoms with Crippen LogP contribution in [0.4, 0.5) is 5.69 Å². The number of hydrogen-bond acceptors (Lipinski definition) is 5. The summed E-state index contributed by atoms with van der Waals surface area (Å²) in [6.45, 7) is 4.08. The van der Waals surface area contributed by atoms with Crippen LogP contribution in [0.3, 0.4) is 0 Å². The maximum absolute atomic E-state index is 12.7. The van der Waals surface area contributed by atoms with E-state index in [0.29, 0.717) is 16.4 Å². The zero-order valence-electron chi connectivity index (χ0n) is 15.4. The number of imidazole rings is 1. The van der Waals surface area contributed by atoms with Crippen molar-refractivity contribution in [2.24, 2.45) is 7.05 Å². The lowest BCUT2D eigenvalue weighted by atomic mass is 10.2. The number of benzene rings is 1. The smallest absolute Gasteiger partial charge is 0.292 e. The first-order valence-corrected chi connectivity index (χ1v) is 9.76. The monoisotopic (exact) mass is 418 g/mol. The van der Waals surface area contributed by atoms with Crippen molar-refractivity contribution in [2.45, 2.75) is 6.54 Å². The van der Waals surface area contributed by atoms with Gasteiger partial charge in [-0.3, -0.25) is 9.69 Å². The summed E-state index contributed by atoms with van der Waals surface area (Å²) < 4.78 is 3.32. The third kappa shape index (κ3) is 3.78. The van der Waals surface area contributed by atoms with Gasteiger partial charge in [0.05, 0.1) is 24.1 Å². The number of anilines is 1. The van der Waals surface area contributed by atoms with Gasteiger partial charge >= 0.3 is 0 Å². The molecule has 0 saturated carbocycles. The van der Waals surface area contributed by atoms with Gasteiger partial charge in [0.2, 0.25) is 0 Å². The van der Waals surface area contributed by atoms with Crippen LogP contribution in [0.2, 0.25) is 10.0 Å². The van der Waals surface area contributed by atoms with E-state index in [1.165, 1.54) is 4.68 Å². The van der Waals surface area contributed by atoms with Gasteiger partial charge in [0, 0.05) is 50.6 Å². The largest absolute Gasteiger partial charge is 0.366 e. The summed E-state index contributed by atoms with van der Waals surface area (Å²) in [6.07, 6.45) is 5.42. The number of aryl methyl sites for hydroxylation is 1. The topological polar surface area (TPSA) is 59.2 Å². The summed E-state index contributed by atoms with van der Waals surface area (Å²) in [5.41, 5.74) is 0.966. The zero-order valence-corrected chi connectivity index (χ0v) is 16.9. The van der Waals surface area contributed by atoms with Crippen LogP contribution in [0.5, 0.6) is 0 Å². The molecule has 0 aliphatic carbocycles. The molecule has 0 N–H and O–H groups in total. The number of piperazine rings is 1. The quantitative estimate of drug-likeness (QED) is 0.651. The predicted octanol–water partition coefficient (Wildman–Crippen LogP) is 2.60. The molecule has 3 aromatic rings. The SMILES string of the molecule is Cn1ccnc1CN1CCN(c2cnn(-c3ccc(Cl)cc3)c(=O)c2Cl)CC1. The average Bonchev–Trinajstić information content (AvgIpc) is 3.10. The molecule has 28 heavy (non-hydrogen) atoms. The normalized spacial score (nSPS) is 15.2. The summed E-state index contributed by atoms with van der Waals surface area (Å²) >= 11 is 12.3. The highest BCUT2D eigenvalue weighted by molar-refractivity contribution is 6.33. The number of aromatic nitrogens is 4. The molecular weight excluding hydrogens is 399 g/mol. The fraction of sp³-hybridized carbons (Fsp3) is 0.316. The van der Waals surface area contributed by atoms with Gasteiger partial charge in [-0.2, -0.15) is 9.78 Å². The minimum atomic E-state index is -0.336. The van der Waals surface area contributed by atoms with Crippen LogP contribution in [0.15, 0.2) is 47.7 Å². The Morgan fingerprint density at radius 3 is 2.43 bits per heavy atom. The van der Waals surface area contributed by atoms with E-state index in [2.05, 4.69) is 19.9 Å². The van der Waals surface area contributed by atoms with Crippen LogP contribution >= 0.6 is 23.2 Å². The van der Waals surface area contributed by atoms with E-state index in [-0.39, 0.29) is 10.6 Å². The lowest BCUT2D eigenvalue weighted by Gasteiger charge is -2.35. The Morgan fingerprint density at radius 1 is 1.07 bits per heavy atom. The number of hydrogen-bond donors (Lipinski definition) is 0. The van der Waals surface area contributed by atoms with Gasteiger partial charge in [-0.25, -0.2) is 4.98 Å². The highest BCUT2D eigenvalue weighted by Gasteiger charge is 2.22. The van der Waals surface area contributed by atoms with Gasteiger partial charge in [-0.05, 0) is 24.3 Å². The minimum absolute atomic E-state index is 0.183. The Morgan fingerprint density at radius 2 is 1.79 bits per heavy atom. The van der Waals surface area contributed by atoms with Gasteiger partial charge in [0.1, 0.15) is 10.8 Å². The second-order valence-electron chi connectivity index (χ2n) is 6.75. The standard InChI is InChI=1S/C19H20Cl2N6O/c1-24-7-6-22-17(24)13-25-8-10-26(11-9-25)16-12-23-27(19(28)18(16)21)15-4-2-14(20)3-5-15/h2-7,12H,8-11,13H2,1H3. The van der Waals surface area contributed by atoms with Crippen molar-refractivity contribution in [3.8, 4) is 5.69 Å². The zero-order chi connectivity index (χ0) is 19.7. The van der Waals surface area contributed by atoms with E-state index >= 15 is 0 Å². The number of rotatable bonds is 4. The fourth-order valence-electron chi connectivity index (χ4n) is 3.31. The molecule has 0 amide bonds. The Labute approximate surface area is 172 Å². The van der Waals surface area contributed by atoms with Gasteiger partial charge in [-0.1, -0.05) is 23.2 Å². The molecular formula is C19H20Cl2N6O. The molecule has 4 rings (SSSR count). The number of halogens is 2. The Balaban J connectivity index is 1.48. The highest BCUT2D eigenvalue weighted by Crippen LogP contribution is 2.23. The van der Waals surface area contributed by atoms with Crippen molar-refractivity contribution in [3.05, 3.63) is 69.1 Å². The lowest BCUT2D eigenvalue weighted by Crippen LogP contribution is -2.46. The maximum atomic E-state index is 12.7. The van der Waals surface area contributed by atoms with E-state index in [4.69, 9.17) is 23.2 Å². The predicted molar refractivity (Wildman–Crippen MR) is 111 cm³/mol.